The normalized spacial score (nSPS) is 10.6. The van der Waals surface area contributed by atoms with E-state index in [1.807, 2.05) is 13.1 Å². The Kier molecular flexibility index (Phi) is 2.88. The zero-order valence-corrected chi connectivity index (χ0v) is 9.50. The molecule has 0 aliphatic rings. The van der Waals surface area contributed by atoms with Crippen molar-refractivity contribution in [2.24, 2.45) is 0 Å². The highest BCUT2D eigenvalue weighted by molar-refractivity contribution is 6.33. The van der Waals surface area contributed by atoms with Gasteiger partial charge in [0, 0.05) is 18.8 Å². The van der Waals surface area contributed by atoms with Gasteiger partial charge in [-0.3, -0.25) is 4.68 Å². The van der Waals surface area contributed by atoms with E-state index < -0.39 is 0 Å². The van der Waals surface area contributed by atoms with Crippen LogP contribution in [0.15, 0.2) is 18.5 Å². The summed E-state index contributed by atoms with van der Waals surface area (Å²) in [7, 11) is 0. The van der Waals surface area contributed by atoms with Crippen molar-refractivity contribution in [3.63, 3.8) is 0 Å². The summed E-state index contributed by atoms with van der Waals surface area (Å²) in [4.78, 5) is 8.14. The van der Waals surface area contributed by atoms with Crippen molar-refractivity contribution < 1.29 is 0 Å². The third-order valence-corrected chi connectivity index (χ3v) is 2.27. The summed E-state index contributed by atoms with van der Waals surface area (Å²) in [6.45, 7) is 2.80. The summed E-state index contributed by atoms with van der Waals surface area (Å²) in [5.74, 6) is 0.493. The zero-order valence-electron chi connectivity index (χ0n) is 7.98. The Labute approximate surface area is 96.9 Å². The number of hydrogen-bond donors (Lipinski definition) is 0. The van der Waals surface area contributed by atoms with Crippen LogP contribution in [-0.2, 0) is 6.54 Å². The van der Waals surface area contributed by atoms with Crippen LogP contribution in [0.25, 0.3) is 11.4 Å². The first kappa shape index (κ1) is 10.4. The molecule has 2 rings (SSSR count). The topological polar surface area (TPSA) is 43.6 Å². The molecule has 0 radical (unpaired) electrons. The molecule has 0 aliphatic heterocycles. The standard InChI is InChI=1S/C9H8Cl2N4/c1-2-15-5-6(4-12-15)9-13-7(10)3-8(11)14-9/h3-5H,2H2,1H3. The van der Waals surface area contributed by atoms with Crippen LogP contribution in [0.2, 0.25) is 10.3 Å². The largest absolute Gasteiger partial charge is 0.272 e. The van der Waals surface area contributed by atoms with Gasteiger partial charge in [0.1, 0.15) is 10.3 Å². The molecular weight excluding hydrogens is 235 g/mol. The summed E-state index contributed by atoms with van der Waals surface area (Å²) in [6.07, 6.45) is 3.54. The van der Waals surface area contributed by atoms with Gasteiger partial charge in [0.25, 0.3) is 0 Å². The predicted octanol–water partition coefficient (Wildman–Crippen LogP) is 2.67. The first-order valence-electron chi connectivity index (χ1n) is 4.42. The average Bonchev–Trinajstić information content (AvgIpc) is 2.64. The van der Waals surface area contributed by atoms with Crippen molar-refractivity contribution in [2.45, 2.75) is 13.5 Å². The minimum atomic E-state index is 0.328. The summed E-state index contributed by atoms with van der Waals surface area (Å²) in [5, 5.41) is 4.78. The van der Waals surface area contributed by atoms with Crippen LogP contribution in [0.3, 0.4) is 0 Å². The van der Waals surface area contributed by atoms with Gasteiger partial charge in [0.05, 0.1) is 11.8 Å². The first-order chi connectivity index (χ1) is 7.19. The molecule has 15 heavy (non-hydrogen) atoms. The van der Waals surface area contributed by atoms with E-state index in [1.165, 1.54) is 6.07 Å². The van der Waals surface area contributed by atoms with Crippen molar-refractivity contribution in [2.75, 3.05) is 0 Å². The highest BCUT2D eigenvalue weighted by atomic mass is 35.5. The van der Waals surface area contributed by atoms with Crippen LogP contribution in [0.5, 0.6) is 0 Å². The Morgan fingerprint density at radius 1 is 1.27 bits per heavy atom. The number of hydrogen-bond acceptors (Lipinski definition) is 3. The smallest absolute Gasteiger partial charge is 0.165 e. The zero-order chi connectivity index (χ0) is 10.8. The maximum atomic E-state index is 5.78. The SMILES string of the molecule is CCn1cc(-c2nc(Cl)cc(Cl)n2)cn1. The molecule has 6 heteroatoms. The van der Waals surface area contributed by atoms with Gasteiger partial charge in [-0.2, -0.15) is 5.10 Å². The van der Waals surface area contributed by atoms with Gasteiger partial charge in [-0.05, 0) is 6.92 Å². The second-order valence-corrected chi connectivity index (χ2v) is 3.70. The number of rotatable bonds is 2. The van der Waals surface area contributed by atoms with E-state index in [-0.39, 0.29) is 0 Å². The summed E-state index contributed by atoms with van der Waals surface area (Å²) in [6, 6.07) is 1.50. The minimum Gasteiger partial charge on any atom is -0.272 e. The third-order valence-electron chi connectivity index (χ3n) is 1.88. The lowest BCUT2D eigenvalue weighted by Gasteiger charge is -1.97. The van der Waals surface area contributed by atoms with Crippen LogP contribution in [0.4, 0.5) is 0 Å². The van der Waals surface area contributed by atoms with Crippen molar-refractivity contribution in [1.82, 2.24) is 19.7 Å². The van der Waals surface area contributed by atoms with Crippen LogP contribution >= 0.6 is 23.2 Å². The summed E-state index contributed by atoms with van der Waals surface area (Å²) >= 11 is 11.6. The molecule has 2 heterocycles. The average molecular weight is 243 g/mol. The van der Waals surface area contributed by atoms with Crippen LogP contribution < -0.4 is 0 Å². The fraction of sp³-hybridized carbons (Fsp3) is 0.222. The number of aromatic nitrogens is 4. The molecule has 0 aromatic carbocycles. The predicted molar refractivity (Wildman–Crippen MR) is 58.9 cm³/mol. The fourth-order valence-electron chi connectivity index (χ4n) is 1.17. The van der Waals surface area contributed by atoms with Gasteiger partial charge in [-0.15, -0.1) is 0 Å². The van der Waals surface area contributed by atoms with E-state index in [4.69, 9.17) is 23.2 Å². The van der Waals surface area contributed by atoms with E-state index in [9.17, 15) is 0 Å². The second kappa shape index (κ2) is 4.16. The highest BCUT2D eigenvalue weighted by Gasteiger charge is 2.06. The number of halogens is 2. The van der Waals surface area contributed by atoms with Gasteiger partial charge >= 0.3 is 0 Å². The Balaban J connectivity index is 2.44. The Hall–Kier alpha value is -1.13. The van der Waals surface area contributed by atoms with E-state index in [0.29, 0.717) is 16.1 Å². The third kappa shape index (κ3) is 2.27. The molecule has 2 aromatic rings. The molecule has 0 N–H and O–H groups in total. The van der Waals surface area contributed by atoms with E-state index in [2.05, 4.69) is 15.1 Å². The molecule has 0 amide bonds. The monoisotopic (exact) mass is 242 g/mol. The van der Waals surface area contributed by atoms with Crippen LogP contribution in [0.1, 0.15) is 6.92 Å². The molecule has 0 spiro atoms. The molecule has 0 saturated carbocycles. The van der Waals surface area contributed by atoms with Gasteiger partial charge < -0.3 is 0 Å². The quantitative estimate of drug-likeness (QED) is 0.761. The maximum Gasteiger partial charge on any atom is 0.165 e. The first-order valence-corrected chi connectivity index (χ1v) is 5.17. The lowest BCUT2D eigenvalue weighted by atomic mass is 10.3. The van der Waals surface area contributed by atoms with Crippen molar-refractivity contribution in [3.8, 4) is 11.4 Å². The summed E-state index contributed by atoms with van der Waals surface area (Å²) < 4.78 is 1.79. The Morgan fingerprint density at radius 2 is 1.93 bits per heavy atom. The lowest BCUT2D eigenvalue weighted by molar-refractivity contribution is 0.660. The molecule has 0 fully saturated rings. The van der Waals surface area contributed by atoms with Gasteiger partial charge in [-0.25, -0.2) is 9.97 Å². The molecule has 0 atom stereocenters. The van der Waals surface area contributed by atoms with Gasteiger partial charge in [-0.1, -0.05) is 23.2 Å². The van der Waals surface area contributed by atoms with E-state index in [1.54, 1.807) is 10.9 Å². The number of nitrogens with zero attached hydrogens (tertiary/aromatic N) is 4. The van der Waals surface area contributed by atoms with Crippen LogP contribution in [-0.4, -0.2) is 19.7 Å². The van der Waals surface area contributed by atoms with Gasteiger partial charge in [0.2, 0.25) is 0 Å². The molecule has 0 unspecified atom stereocenters. The Bertz CT molecular complexity index is 460. The molecule has 0 saturated heterocycles. The Morgan fingerprint density at radius 3 is 2.47 bits per heavy atom. The van der Waals surface area contributed by atoms with Gasteiger partial charge in [0.15, 0.2) is 5.82 Å². The fourth-order valence-corrected chi connectivity index (χ4v) is 1.59. The molecule has 0 bridgehead atoms. The van der Waals surface area contributed by atoms with Crippen molar-refractivity contribution in [1.29, 1.82) is 0 Å². The van der Waals surface area contributed by atoms with E-state index in [0.717, 1.165) is 12.1 Å². The van der Waals surface area contributed by atoms with Crippen LogP contribution in [0, 0.1) is 0 Å². The van der Waals surface area contributed by atoms with Crippen molar-refractivity contribution >= 4 is 23.2 Å². The maximum absolute atomic E-state index is 5.78. The second-order valence-electron chi connectivity index (χ2n) is 2.92. The molecule has 78 valence electrons. The minimum absolute atomic E-state index is 0.328. The van der Waals surface area contributed by atoms with Crippen molar-refractivity contribution in [3.05, 3.63) is 28.8 Å². The molecule has 2 aromatic heterocycles. The summed E-state index contributed by atoms with van der Waals surface area (Å²) in [5.41, 5.74) is 0.807. The van der Waals surface area contributed by atoms with E-state index >= 15 is 0 Å². The lowest BCUT2D eigenvalue weighted by Crippen LogP contribution is -1.92. The molecule has 0 aliphatic carbocycles. The molecule has 4 nitrogen and oxygen atoms in total. The molecular formula is C9H8Cl2N4. The highest BCUT2D eigenvalue weighted by Crippen LogP contribution is 2.19. The number of aryl methyl sites for hydroxylation is 1.